The van der Waals surface area contributed by atoms with Crippen LogP contribution in [0.5, 0.6) is 0 Å². The highest BCUT2D eigenvalue weighted by molar-refractivity contribution is 6.07. The zero-order valence-electron chi connectivity index (χ0n) is 16.0. The Morgan fingerprint density at radius 2 is 2.13 bits per heavy atom. The average molecular weight is 414 g/mol. The number of halogens is 3. The van der Waals surface area contributed by atoms with E-state index >= 15 is 0 Å². The molecule has 30 heavy (non-hydrogen) atoms. The van der Waals surface area contributed by atoms with Gasteiger partial charge in [-0.25, -0.2) is 4.98 Å². The van der Waals surface area contributed by atoms with Crippen LogP contribution in [0, 0.1) is 24.2 Å². The van der Waals surface area contributed by atoms with Gasteiger partial charge in [-0.2, -0.15) is 18.4 Å². The quantitative estimate of drug-likeness (QED) is 0.612. The largest absolute Gasteiger partial charge is 0.416 e. The highest BCUT2D eigenvalue weighted by Crippen LogP contribution is 2.33. The Labute approximate surface area is 169 Å². The van der Waals surface area contributed by atoms with Crippen molar-refractivity contribution in [3.63, 3.8) is 0 Å². The molecule has 3 aromatic rings. The number of hydrogen-bond acceptors (Lipinski definition) is 5. The summed E-state index contributed by atoms with van der Waals surface area (Å²) < 4.78 is 44.6. The lowest BCUT2D eigenvalue weighted by molar-refractivity contribution is -0.137. The molecule has 0 saturated carbocycles. The summed E-state index contributed by atoms with van der Waals surface area (Å²) in [7, 11) is 0. The SMILES string of the molecule is Cc1noc2nc(-c3cccc(C(F)(F)F)c3)cc(C(=O)N3CCCC(C#N)C3)c12. The van der Waals surface area contributed by atoms with Gasteiger partial charge < -0.3 is 9.42 Å². The summed E-state index contributed by atoms with van der Waals surface area (Å²) in [5.41, 5.74) is 0.386. The first kappa shape index (κ1) is 19.9. The maximum absolute atomic E-state index is 13.3. The number of likely N-dealkylation sites (tertiary alicyclic amines) is 1. The molecule has 0 spiro atoms. The van der Waals surface area contributed by atoms with E-state index in [4.69, 9.17) is 4.52 Å². The lowest BCUT2D eigenvalue weighted by atomic mass is 9.98. The van der Waals surface area contributed by atoms with Crippen molar-refractivity contribution >= 4 is 17.0 Å². The number of fused-ring (bicyclic) bond motifs is 1. The number of nitrogens with zero attached hydrogens (tertiary/aromatic N) is 4. The number of hydrogen-bond donors (Lipinski definition) is 0. The van der Waals surface area contributed by atoms with Crippen molar-refractivity contribution in [3.8, 4) is 17.3 Å². The second-order valence-corrected chi connectivity index (χ2v) is 7.30. The molecule has 1 fully saturated rings. The lowest BCUT2D eigenvalue weighted by Crippen LogP contribution is -2.39. The number of aromatic nitrogens is 2. The minimum Gasteiger partial charge on any atom is -0.337 e. The summed E-state index contributed by atoms with van der Waals surface area (Å²) in [6, 6.07) is 8.41. The summed E-state index contributed by atoms with van der Waals surface area (Å²) in [6.45, 7) is 2.48. The summed E-state index contributed by atoms with van der Waals surface area (Å²) in [5, 5.41) is 13.5. The molecule has 1 amide bonds. The number of piperidine rings is 1. The van der Waals surface area contributed by atoms with Gasteiger partial charge in [0.25, 0.3) is 11.6 Å². The predicted molar refractivity (Wildman–Crippen MR) is 101 cm³/mol. The number of alkyl halides is 3. The first-order valence-corrected chi connectivity index (χ1v) is 9.41. The molecule has 1 aromatic carbocycles. The van der Waals surface area contributed by atoms with Crippen LogP contribution in [0.15, 0.2) is 34.9 Å². The molecule has 154 valence electrons. The summed E-state index contributed by atoms with van der Waals surface area (Å²) in [5.74, 6) is -0.562. The summed E-state index contributed by atoms with van der Waals surface area (Å²) in [4.78, 5) is 19.2. The Morgan fingerprint density at radius 1 is 1.33 bits per heavy atom. The van der Waals surface area contributed by atoms with Crippen molar-refractivity contribution in [3.05, 3.63) is 47.2 Å². The maximum Gasteiger partial charge on any atom is 0.416 e. The third-order valence-electron chi connectivity index (χ3n) is 5.22. The van der Waals surface area contributed by atoms with Crippen LogP contribution in [0.1, 0.15) is 34.5 Å². The fourth-order valence-corrected chi connectivity index (χ4v) is 3.70. The molecule has 0 bridgehead atoms. The van der Waals surface area contributed by atoms with E-state index in [1.807, 2.05) is 0 Å². The van der Waals surface area contributed by atoms with Crippen molar-refractivity contribution < 1.29 is 22.5 Å². The van der Waals surface area contributed by atoms with Crippen molar-refractivity contribution in [2.45, 2.75) is 25.9 Å². The van der Waals surface area contributed by atoms with Crippen LogP contribution in [-0.4, -0.2) is 34.0 Å². The van der Waals surface area contributed by atoms with Crippen LogP contribution < -0.4 is 0 Å². The Balaban J connectivity index is 1.82. The van der Waals surface area contributed by atoms with E-state index in [-0.39, 0.29) is 34.4 Å². The number of carbonyl (C=O) groups excluding carboxylic acids is 1. The average Bonchev–Trinajstić information content (AvgIpc) is 3.13. The second-order valence-electron chi connectivity index (χ2n) is 7.30. The van der Waals surface area contributed by atoms with Gasteiger partial charge in [0.2, 0.25) is 0 Å². The molecule has 2 aromatic heterocycles. The van der Waals surface area contributed by atoms with E-state index in [1.165, 1.54) is 18.2 Å². The number of rotatable bonds is 2. The molecular formula is C21H17F3N4O2. The minimum absolute atomic E-state index is 0.0830. The van der Waals surface area contributed by atoms with Crippen molar-refractivity contribution in [2.24, 2.45) is 5.92 Å². The van der Waals surface area contributed by atoms with E-state index in [2.05, 4.69) is 16.2 Å². The zero-order chi connectivity index (χ0) is 21.5. The highest BCUT2D eigenvalue weighted by Gasteiger charge is 2.31. The van der Waals surface area contributed by atoms with Crippen LogP contribution in [-0.2, 0) is 6.18 Å². The number of carbonyl (C=O) groups is 1. The van der Waals surface area contributed by atoms with Gasteiger partial charge in [0, 0.05) is 18.7 Å². The van der Waals surface area contributed by atoms with Gasteiger partial charge in [0.1, 0.15) is 0 Å². The normalized spacial score (nSPS) is 17.2. The van der Waals surface area contributed by atoms with Gasteiger partial charge in [0.05, 0.1) is 39.9 Å². The smallest absolute Gasteiger partial charge is 0.337 e. The fourth-order valence-electron chi connectivity index (χ4n) is 3.70. The molecule has 1 saturated heterocycles. The molecule has 4 rings (SSSR count). The molecule has 0 aliphatic carbocycles. The molecule has 1 unspecified atom stereocenters. The Morgan fingerprint density at radius 3 is 2.87 bits per heavy atom. The number of aryl methyl sites for hydroxylation is 1. The van der Waals surface area contributed by atoms with Crippen LogP contribution in [0.3, 0.4) is 0 Å². The van der Waals surface area contributed by atoms with Crippen molar-refractivity contribution in [2.75, 3.05) is 13.1 Å². The van der Waals surface area contributed by atoms with E-state index in [9.17, 15) is 23.2 Å². The molecule has 1 aliphatic rings. The third-order valence-corrected chi connectivity index (χ3v) is 5.22. The maximum atomic E-state index is 13.3. The minimum atomic E-state index is -4.50. The summed E-state index contributed by atoms with van der Waals surface area (Å²) >= 11 is 0. The molecule has 0 N–H and O–H groups in total. The highest BCUT2D eigenvalue weighted by atomic mass is 19.4. The molecule has 6 nitrogen and oxygen atoms in total. The van der Waals surface area contributed by atoms with Gasteiger partial charge in [-0.3, -0.25) is 4.79 Å². The van der Waals surface area contributed by atoms with Crippen LogP contribution in [0.2, 0.25) is 0 Å². The van der Waals surface area contributed by atoms with Gasteiger partial charge >= 0.3 is 6.18 Å². The Kier molecular flexibility index (Phi) is 4.94. The van der Waals surface area contributed by atoms with Crippen molar-refractivity contribution in [1.29, 1.82) is 5.26 Å². The number of amides is 1. The van der Waals surface area contributed by atoms with Crippen LogP contribution in [0.4, 0.5) is 13.2 Å². The fraction of sp³-hybridized carbons (Fsp3) is 0.333. The standard InChI is InChI=1S/C21H17F3N4O2/c1-12-18-16(20(29)28-7-3-4-13(10-25)11-28)9-17(26-19(18)30-27-12)14-5-2-6-15(8-14)21(22,23)24/h2,5-6,8-9,13H,3-4,7,11H2,1H3. The number of pyridine rings is 1. The van der Waals surface area contributed by atoms with Gasteiger partial charge in [-0.15, -0.1) is 0 Å². The monoisotopic (exact) mass is 414 g/mol. The molecule has 0 radical (unpaired) electrons. The molecule has 1 atom stereocenters. The predicted octanol–water partition coefficient (Wildman–Crippen LogP) is 4.59. The third kappa shape index (κ3) is 3.61. The molecule has 1 aliphatic heterocycles. The van der Waals surface area contributed by atoms with E-state index in [0.29, 0.717) is 30.6 Å². The molecular weight excluding hydrogens is 397 g/mol. The topological polar surface area (TPSA) is 83.0 Å². The number of benzene rings is 1. The summed E-state index contributed by atoms with van der Waals surface area (Å²) in [6.07, 6.45) is -3.06. The van der Waals surface area contributed by atoms with Crippen LogP contribution >= 0.6 is 0 Å². The first-order chi connectivity index (χ1) is 14.3. The van der Waals surface area contributed by atoms with E-state index < -0.39 is 11.7 Å². The number of nitriles is 1. The Hall–Kier alpha value is -3.41. The van der Waals surface area contributed by atoms with Gasteiger partial charge in [-0.05, 0) is 38.0 Å². The van der Waals surface area contributed by atoms with E-state index in [1.54, 1.807) is 11.8 Å². The second kappa shape index (κ2) is 7.44. The van der Waals surface area contributed by atoms with Crippen molar-refractivity contribution in [1.82, 2.24) is 15.0 Å². The molecule has 3 heterocycles. The zero-order valence-corrected chi connectivity index (χ0v) is 16.0. The van der Waals surface area contributed by atoms with Gasteiger partial charge in [0.15, 0.2) is 0 Å². The Bertz CT molecular complexity index is 1160. The first-order valence-electron chi connectivity index (χ1n) is 9.41. The van der Waals surface area contributed by atoms with Gasteiger partial charge in [-0.1, -0.05) is 17.3 Å². The molecule has 9 heteroatoms. The van der Waals surface area contributed by atoms with Crippen LogP contribution in [0.25, 0.3) is 22.4 Å². The van der Waals surface area contributed by atoms with E-state index in [0.717, 1.165) is 18.6 Å². The lowest BCUT2D eigenvalue weighted by Gasteiger charge is -2.29.